The third-order valence-electron chi connectivity index (χ3n) is 1.03. The molecule has 1 N–H and O–H groups in total. The maximum absolute atomic E-state index is 10.6. The SMILES string of the molecule is COC(=O)N1CC=CN1. The maximum atomic E-state index is 10.6. The van der Waals surface area contributed by atoms with E-state index < -0.39 is 0 Å². The van der Waals surface area contributed by atoms with Crippen molar-refractivity contribution < 1.29 is 9.53 Å². The highest BCUT2D eigenvalue weighted by Crippen LogP contribution is 1.93. The summed E-state index contributed by atoms with van der Waals surface area (Å²) in [6.45, 7) is 0.576. The van der Waals surface area contributed by atoms with Gasteiger partial charge < -0.3 is 10.2 Å². The maximum Gasteiger partial charge on any atom is 0.428 e. The molecule has 0 bridgehead atoms. The molecule has 0 aromatic rings. The van der Waals surface area contributed by atoms with Crippen LogP contribution in [0.1, 0.15) is 0 Å². The molecule has 0 aromatic heterocycles. The highest BCUT2D eigenvalue weighted by Gasteiger charge is 2.12. The molecule has 4 heteroatoms. The molecule has 0 spiro atoms. The monoisotopic (exact) mass is 128 g/mol. The van der Waals surface area contributed by atoms with Gasteiger partial charge in [0.1, 0.15) is 0 Å². The topological polar surface area (TPSA) is 41.6 Å². The molecule has 0 aliphatic carbocycles. The molecular weight excluding hydrogens is 120 g/mol. The van der Waals surface area contributed by atoms with Crippen molar-refractivity contribution in [2.24, 2.45) is 0 Å². The average molecular weight is 128 g/mol. The molecule has 0 fully saturated rings. The molecule has 1 heterocycles. The number of carbonyl (C=O) groups is 1. The van der Waals surface area contributed by atoms with Gasteiger partial charge in [-0.25, -0.2) is 9.80 Å². The first-order valence-corrected chi connectivity index (χ1v) is 2.61. The normalized spacial score (nSPS) is 15.4. The van der Waals surface area contributed by atoms with Gasteiger partial charge in [0.25, 0.3) is 0 Å². The standard InChI is InChI=1S/C5H8N2O2/c1-9-5(8)7-4-2-3-6-7/h2-3,6H,4H2,1H3. The molecule has 0 atom stereocenters. The van der Waals surface area contributed by atoms with Crippen LogP contribution in [0.5, 0.6) is 0 Å². The van der Waals surface area contributed by atoms with Crippen LogP contribution in [-0.2, 0) is 4.74 Å². The average Bonchev–Trinajstić information content (AvgIpc) is 2.37. The van der Waals surface area contributed by atoms with Gasteiger partial charge in [0.15, 0.2) is 0 Å². The number of nitrogens with one attached hydrogen (secondary N) is 1. The molecule has 0 aromatic carbocycles. The van der Waals surface area contributed by atoms with Crippen LogP contribution >= 0.6 is 0 Å². The van der Waals surface area contributed by atoms with Gasteiger partial charge in [-0.1, -0.05) is 0 Å². The fourth-order valence-electron chi connectivity index (χ4n) is 0.591. The highest BCUT2D eigenvalue weighted by molar-refractivity contribution is 5.67. The Morgan fingerprint density at radius 3 is 3.11 bits per heavy atom. The second kappa shape index (κ2) is 2.39. The van der Waals surface area contributed by atoms with Crippen molar-refractivity contribution in [1.29, 1.82) is 0 Å². The van der Waals surface area contributed by atoms with Crippen LogP contribution in [0, 0.1) is 0 Å². The van der Waals surface area contributed by atoms with E-state index in [0.717, 1.165) is 0 Å². The largest absolute Gasteiger partial charge is 0.452 e. The first kappa shape index (κ1) is 5.94. The summed E-state index contributed by atoms with van der Waals surface area (Å²) in [6.07, 6.45) is 3.16. The molecule has 1 amide bonds. The van der Waals surface area contributed by atoms with E-state index in [4.69, 9.17) is 0 Å². The third kappa shape index (κ3) is 1.13. The molecule has 1 aliphatic rings. The minimum Gasteiger partial charge on any atom is -0.452 e. The summed E-state index contributed by atoms with van der Waals surface area (Å²) in [7, 11) is 1.35. The molecule has 0 saturated carbocycles. The van der Waals surface area contributed by atoms with E-state index >= 15 is 0 Å². The van der Waals surface area contributed by atoms with Crippen molar-refractivity contribution in [3.8, 4) is 0 Å². The van der Waals surface area contributed by atoms with E-state index in [1.54, 1.807) is 6.20 Å². The number of hydrazine groups is 1. The van der Waals surface area contributed by atoms with Gasteiger partial charge in [-0.15, -0.1) is 0 Å². The Hall–Kier alpha value is -1.19. The lowest BCUT2D eigenvalue weighted by Gasteiger charge is -2.12. The third-order valence-corrected chi connectivity index (χ3v) is 1.03. The van der Waals surface area contributed by atoms with Crippen molar-refractivity contribution in [3.05, 3.63) is 12.3 Å². The summed E-state index contributed by atoms with van der Waals surface area (Å²) in [5, 5.41) is 1.36. The lowest BCUT2D eigenvalue weighted by atomic mass is 10.6. The van der Waals surface area contributed by atoms with Crippen LogP contribution in [0.4, 0.5) is 4.79 Å². The number of carbonyl (C=O) groups excluding carboxylic acids is 1. The Balaban J connectivity index is 2.36. The smallest absolute Gasteiger partial charge is 0.428 e. The Kier molecular flexibility index (Phi) is 1.58. The van der Waals surface area contributed by atoms with Gasteiger partial charge >= 0.3 is 6.09 Å². The number of hydrogen-bond donors (Lipinski definition) is 1. The minimum absolute atomic E-state index is 0.361. The number of amides is 1. The van der Waals surface area contributed by atoms with E-state index in [9.17, 15) is 4.79 Å². The molecule has 9 heavy (non-hydrogen) atoms. The summed E-state index contributed by atoms with van der Waals surface area (Å²) >= 11 is 0. The Morgan fingerprint density at radius 2 is 2.67 bits per heavy atom. The van der Waals surface area contributed by atoms with E-state index in [2.05, 4.69) is 10.2 Å². The minimum atomic E-state index is -0.361. The zero-order valence-corrected chi connectivity index (χ0v) is 5.13. The van der Waals surface area contributed by atoms with E-state index in [1.807, 2.05) is 6.08 Å². The molecule has 4 nitrogen and oxygen atoms in total. The first-order valence-electron chi connectivity index (χ1n) is 2.61. The van der Waals surface area contributed by atoms with Gasteiger partial charge in [-0.05, 0) is 6.08 Å². The van der Waals surface area contributed by atoms with Gasteiger partial charge in [0.05, 0.1) is 13.7 Å². The van der Waals surface area contributed by atoms with E-state index in [0.29, 0.717) is 6.54 Å². The lowest BCUT2D eigenvalue weighted by Crippen LogP contribution is -2.35. The van der Waals surface area contributed by atoms with Crippen molar-refractivity contribution in [1.82, 2.24) is 10.4 Å². The van der Waals surface area contributed by atoms with Gasteiger partial charge in [0.2, 0.25) is 0 Å². The zero-order valence-electron chi connectivity index (χ0n) is 5.13. The Morgan fingerprint density at radius 1 is 1.89 bits per heavy atom. The van der Waals surface area contributed by atoms with E-state index in [-0.39, 0.29) is 6.09 Å². The Labute approximate surface area is 53.1 Å². The lowest BCUT2D eigenvalue weighted by molar-refractivity contribution is 0.119. The van der Waals surface area contributed by atoms with Crippen LogP contribution in [0.25, 0.3) is 0 Å². The van der Waals surface area contributed by atoms with Crippen LogP contribution in [0.2, 0.25) is 0 Å². The summed E-state index contributed by atoms with van der Waals surface area (Å²) in [5.41, 5.74) is 2.69. The van der Waals surface area contributed by atoms with Crippen LogP contribution < -0.4 is 5.43 Å². The highest BCUT2D eigenvalue weighted by atomic mass is 16.5. The number of rotatable bonds is 0. The summed E-state index contributed by atoms with van der Waals surface area (Å²) in [4.78, 5) is 10.6. The molecule has 0 radical (unpaired) electrons. The molecule has 0 unspecified atom stereocenters. The van der Waals surface area contributed by atoms with E-state index in [1.165, 1.54) is 12.1 Å². The molecule has 1 rings (SSSR count). The zero-order chi connectivity index (χ0) is 6.69. The number of hydrogen-bond acceptors (Lipinski definition) is 3. The molecule has 50 valence electrons. The van der Waals surface area contributed by atoms with Gasteiger partial charge in [0, 0.05) is 6.20 Å². The quantitative estimate of drug-likeness (QED) is 0.502. The van der Waals surface area contributed by atoms with Crippen molar-refractivity contribution in [3.63, 3.8) is 0 Å². The molecular formula is C5H8N2O2. The summed E-state index contributed by atoms with van der Waals surface area (Å²) in [5.74, 6) is 0. The van der Waals surface area contributed by atoms with Gasteiger partial charge in [-0.2, -0.15) is 0 Å². The van der Waals surface area contributed by atoms with Crippen molar-refractivity contribution in [2.45, 2.75) is 0 Å². The molecule has 1 aliphatic heterocycles. The number of nitrogens with zero attached hydrogens (tertiary/aromatic N) is 1. The number of ether oxygens (including phenoxy) is 1. The van der Waals surface area contributed by atoms with Crippen LogP contribution in [-0.4, -0.2) is 24.8 Å². The molecule has 0 saturated heterocycles. The Bertz CT molecular complexity index is 136. The number of methoxy groups -OCH3 is 1. The van der Waals surface area contributed by atoms with Crippen molar-refractivity contribution >= 4 is 6.09 Å². The fraction of sp³-hybridized carbons (Fsp3) is 0.400. The second-order valence-electron chi connectivity index (χ2n) is 1.61. The van der Waals surface area contributed by atoms with Crippen LogP contribution in [0.3, 0.4) is 0 Å². The van der Waals surface area contributed by atoms with Crippen LogP contribution in [0.15, 0.2) is 12.3 Å². The predicted molar refractivity (Wildman–Crippen MR) is 31.4 cm³/mol. The first-order chi connectivity index (χ1) is 4.34. The predicted octanol–water partition coefficient (Wildman–Crippen LogP) is 0.0867. The second-order valence-corrected chi connectivity index (χ2v) is 1.61. The van der Waals surface area contributed by atoms with Crippen molar-refractivity contribution in [2.75, 3.05) is 13.7 Å². The summed E-state index contributed by atoms with van der Waals surface area (Å²) < 4.78 is 4.42. The fourth-order valence-corrected chi connectivity index (χ4v) is 0.591. The summed E-state index contributed by atoms with van der Waals surface area (Å²) in [6, 6.07) is 0. The van der Waals surface area contributed by atoms with Gasteiger partial charge in [-0.3, -0.25) is 0 Å².